The number of hydrogen-bond donors (Lipinski definition) is 2. The van der Waals surface area contributed by atoms with Crippen LogP contribution in [-0.2, 0) is 20.3 Å². The molecule has 0 unspecified atom stereocenters. The molecule has 0 aromatic rings. The topological polar surface area (TPSA) is 172 Å². The Morgan fingerprint density at radius 2 is 1.64 bits per heavy atom. The van der Waals surface area contributed by atoms with Crippen LogP contribution < -0.4 is 0 Å². The van der Waals surface area contributed by atoms with Crippen molar-refractivity contribution in [3.63, 3.8) is 0 Å². The maximum absolute atomic E-state index is 10.5. The van der Waals surface area contributed by atoms with E-state index in [4.69, 9.17) is 9.66 Å². The van der Waals surface area contributed by atoms with Crippen LogP contribution in [0.1, 0.15) is 0 Å². The van der Waals surface area contributed by atoms with Gasteiger partial charge in [0.15, 0.2) is 5.03 Å². The molecule has 0 aliphatic rings. The summed E-state index contributed by atoms with van der Waals surface area (Å²) < 4.78 is 47.5. The largest absolute Gasteiger partial charge is 0.468 e. The predicted molar refractivity (Wildman–Crippen MR) is 37.3 cm³/mol. The lowest BCUT2D eigenvalue weighted by Gasteiger charge is -2.05. The summed E-state index contributed by atoms with van der Waals surface area (Å²) in [6.07, 6.45) is 0. The number of hydrazine groups is 1. The molecule has 82 valence electrons. The third-order valence-corrected chi connectivity index (χ3v) is 3.42. The molecule has 0 fully saturated rings. The van der Waals surface area contributed by atoms with E-state index in [-0.39, 0.29) is 0 Å². The van der Waals surface area contributed by atoms with Gasteiger partial charge < -0.3 is 5.11 Å². The van der Waals surface area contributed by atoms with Gasteiger partial charge in [-0.2, -0.15) is 16.8 Å². The van der Waals surface area contributed by atoms with Crippen molar-refractivity contribution in [2.75, 3.05) is 0 Å². The monoisotopic (exact) mass is 250 g/mol. The normalized spacial score (nSPS) is 12.1. The smallest absolute Gasteiger partial charge is 0.449 e. The number of hydrogen-bond acceptors (Lipinski definition) is 7. The zero-order valence-electron chi connectivity index (χ0n) is 5.96. The highest BCUT2D eigenvalue weighted by molar-refractivity contribution is 8.10. The molecule has 0 heterocycles. The molecule has 0 saturated carbocycles. The maximum atomic E-state index is 10.5. The molecule has 14 heavy (non-hydrogen) atoms. The second-order valence-corrected chi connectivity index (χ2v) is 4.78. The van der Waals surface area contributed by atoms with Gasteiger partial charge in [-0.25, -0.2) is 14.9 Å². The van der Waals surface area contributed by atoms with E-state index in [1.807, 2.05) is 0 Å². The first-order chi connectivity index (χ1) is 6.01. The van der Waals surface area contributed by atoms with Gasteiger partial charge in [0.25, 0.3) is 0 Å². The van der Waals surface area contributed by atoms with E-state index >= 15 is 0 Å². The minimum Gasteiger partial charge on any atom is -0.468 e. The summed E-state index contributed by atoms with van der Waals surface area (Å²) >= 11 is 0. The summed E-state index contributed by atoms with van der Waals surface area (Å²) in [5.74, 6) is 0. The van der Waals surface area contributed by atoms with Crippen molar-refractivity contribution in [1.82, 2.24) is 3.82 Å². The van der Waals surface area contributed by atoms with Gasteiger partial charge in [-0.15, -0.1) is 0 Å². The Hall–Kier alpha value is -1.47. The first-order valence-corrected chi connectivity index (χ1v) is 5.25. The lowest BCUT2D eigenvalue weighted by molar-refractivity contribution is -0.588. The Kier molecular flexibility index (Phi) is 3.00. The summed E-state index contributed by atoms with van der Waals surface area (Å²) in [6.45, 7) is 0. The highest BCUT2D eigenvalue weighted by Gasteiger charge is 2.48. The van der Waals surface area contributed by atoms with E-state index in [2.05, 4.69) is 0 Å². The molecule has 0 bridgehead atoms. The number of carbonyl (C=O) groups is 1. The molecule has 0 radical (unpaired) electrons. The lowest BCUT2D eigenvalue weighted by Crippen LogP contribution is -2.43. The molecular weight excluding hydrogens is 248 g/mol. The molecule has 13 heteroatoms. The van der Waals surface area contributed by atoms with Crippen LogP contribution in [0.3, 0.4) is 0 Å². The van der Waals surface area contributed by atoms with Gasteiger partial charge in [-0.3, -0.25) is 4.55 Å². The molecule has 0 aliphatic heterocycles. The minimum absolute atomic E-state index is 1.76. The minimum atomic E-state index is -5.80. The molecule has 0 spiro atoms. The van der Waals surface area contributed by atoms with Crippen LogP contribution in [0.15, 0.2) is 0 Å². The highest BCUT2D eigenvalue weighted by atomic mass is 32.3. The van der Waals surface area contributed by atoms with Gasteiger partial charge in [-0.1, -0.05) is 0 Å². The molecule has 0 atom stereocenters. The van der Waals surface area contributed by atoms with Crippen LogP contribution in [0.2, 0.25) is 0 Å². The molecule has 0 amide bonds. The van der Waals surface area contributed by atoms with Gasteiger partial charge in [0.2, 0.25) is 0 Å². The molecule has 0 aromatic heterocycles. The Balaban J connectivity index is 5.75. The summed E-state index contributed by atoms with van der Waals surface area (Å²) in [4.78, 5) is 19.8. The maximum Gasteiger partial charge on any atom is 0.449 e. The van der Waals surface area contributed by atoms with Crippen LogP contribution in [-0.4, -0.2) is 40.6 Å². The van der Waals surface area contributed by atoms with Crippen molar-refractivity contribution in [2.45, 2.75) is 0 Å². The quantitative estimate of drug-likeness (QED) is 0.335. The van der Waals surface area contributed by atoms with Crippen LogP contribution in [0.5, 0.6) is 0 Å². The molecule has 0 saturated heterocycles. The third kappa shape index (κ3) is 2.27. The van der Waals surface area contributed by atoms with Crippen LogP contribution in [0.4, 0.5) is 4.79 Å². The molecular formula is CH2N2O9S2. The molecule has 0 aliphatic carbocycles. The van der Waals surface area contributed by atoms with Crippen LogP contribution in [0.25, 0.3) is 0 Å². The molecule has 2 N–H and O–H groups in total. The lowest BCUT2D eigenvalue weighted by atomic mass is 11.6. The average molecular weight is 250 g/mol. The second kappa shape index (κ2) is 3.35. The molecule has 11 nitrogen and oxygen atoms in total. The molecule has 0 rings (SSSR count). The van der Waals surface area contributed by atoms with Crippen LogP contribution in [0, 0.1) is 10.1 Å². The van der Waals surface area contributed by atoms with Crippen molar-refractivity contribution in [3.8, 4) is 0 Å². The predicted octanol–water partition coefficient (Wildman–Crippen LogP) is -1.71. The first kappa shape index (κ1) is 12.5. The first-order valence-electron chi connectivity index (χ1n) is 2.41. The number of rotatable bonds is 3. The zero-order valence-corrected chi connectivity index (χ0v) is 7.60. The second-order valence-electron chi connectivity index (χ2n) is 1.66. The van der Waals surface area contributed by atoms with Gasteiger partial charge in [0.05, 0.1) is 0 Å². The third-order valence-electron chi connectivity index (χ3n) is 0.757. The fourth-order valence-corrected chi connectivity index (χ4v) is 2.02. The standard InChI is InChI=1S/CH2N2O9S2/c4-1(5)13(8,9)3(2(6)7)14(10,11)12/h(H,4,5)(H,10,11,12). The SMILES string of the molecule is O=C(O)S(=O)(=O)N([N+](=O)[O-])S(=O)(=O)O. The molecule has 0 aromatic carbocycles. The van der Waals surface area contributed by atoms with E-state index in [1.54, 1.807) is 0 Å². The Bertz CT molecular complexity index is 455. The Morgan fingerprint density at radius 1 is 1.29 bits per heavy atom. The highest BCUT2D eigenvalue weighted by Crippen LogP contribution is 2.07. The van der Waals surface area contributed by atoms with Crippen molar-refractivity contribution in [2.24, 2.45) is 0 Å². The number of nitrogens with zero attached hydrogens (tertiary/aromatic N) is 2. The number of sulfonamides is 1. The Morgan fingerprint density at radius 3 is 1.71 bits per heavy atom. The van der Waals surface area contributed by atoms with E-state index < -0.39 is 34.5 Å². The summed E-state index contributed by atoms with van der Waals surface area (Å²) in [7, 11) is -11.6. The summed E-state index contributed by atoms with van der Waals surface area (Å²) in [6, 6.07) is 0. The Labute approximate surface area is 76.6 Å². The summed E-state index contributed by atoms with van der Waals surface area (Å²) in [5.41, 5.74) is 0. The van der Waals surface area contributed by atoms with Gasteiger partial charge in [-0.05, 0) is 0 Å². The number of carboxylic acid groups (broad SMARTS) is 1. The van der Waals surface area contributed by atoms with Gasteiger partial charge in [0, 0.05) is 0 Å². The van der Waals surface area contributed by atoms with Crippen LogP contribution >= 0.6 is 0 Å². The van der Waals surface area contributed by atoms with E-state index in [1.165, 1.54) is 0 Å². The average Bonchev–Trinajstić information content (AvgIpc) is 1.79. The number of nitro groups is 1. The fourth-order valence-electron chi connectivity index (χ4n) is 0.363. The van der Waals surface area contributed by atoms with Gasteiger partial charge in [0.1, 0.15) is 3.82 Å². The van der Waals surface area contributed by atoms with Crippen molar-refractivity contribution in [1.29, 1.82) is 0 Å². The fraction of sp³-hybridized carbons (Fsp3) is 0. The van der Waals surface area contributed by atoms with Gasteiger partial charge >= 0.3 is 25.6 Å². The zero-order chi connectivity index (χ0) is 11.7. The van der Waals surface area contributed by atoms with Crippen molar-refractivity contribution >= 4 is 25.6 Å². The van der Waals surface area contributed by atoms with Crippen molar-refractivity contribution in [3.05, 3.63) is 10.1 Å². The van der Waals surface area contributed by atoms with E-state index in [9.17, 15) is 31.7 Å². The summed E-state index contributed by atoms with van der Waals surface area (Å²) in [5, 5.41) is 12.9. The van der Waals surface area contributed by atoms with E-state index in [0.29, 0.717) is 0 Å². The van der Waals surface area contributed by atoms with E-state index in [0.717, 1.165) is 0 Å². The van der Waals surface area contributed by atoms with Crippen molar-refractivity contribution < 1.29 is 36.3 Å².